The molecule has 2 aromatic heterocycles. The molecule has 20 heavy (non-hydrogen) atoms. The normalized spacial score (nSPS) is 10.8. The number of rotatable bonds is 5. The molecule has 6 nitrogen and oxygen atoms in total. The van der Waals surface area contributed by atoms with Gasteiger partial charge < -0.3 is 9.84 Å². The predicted molar refractivity (Wildman–Crippen MR) is 65.3 cm³/mol. The zero-order chi connectivity index (χ0) is 14.7. The average molecular weight is 304 g/mol. The number of pyridine rings is 1. The second kappa shape index (κ2) is 5.83. The molecule has 0 radical (unpaired) electrons. The summed E-state index contributed by atoms with van der Waals surface area (Å²) >= 11 is 5.93. The van der Waals surface area contributed by atoms with Crippen molar-refractivity contribution < 1.29 is 23.4 Å². The number of halogens is 3. The van der Waals surface area contributed by atoms with E-state index < -0.39 is 19.0 Å². The van der Waals surface area contributed by atoms with E-state index in [-0.39, 0.29) is 27.9 Å². The van der Waals surface area contributed by atoms with Crippen molar-refractivity contribution >= 4 is 17.6 Å². The van der Waals surface area contributed by atoms with Crippen LogP contribution in [0, 0.1) is 0 Å². The molecule has 0 aliphatic heterocycles. The summed E-state index contributed by atoms with van der Waals surface area (Å²) < 4.78 is 29.1. The molecule has 0 atom stereocenters. The van der Waals surface area contributed by atoms with E-state index in [1.54, 1.807) is 6.07 Å². The molecular weight excluding hydrogens is 296 g/mol. The first-order valence-electron chi connectivity index (χ1n) is 5.34. The first-order chi connectivity index (χ1) is 9.50. The van der Waals surface area contributed by atoms with Gasteiger partial charge in [0.15, 0.2) is 12.3 Å². The van der Waals surface area contributed by atoms with Crippen LogP contribution < -0.4 is 4.74 Å². The molecular formula is C11H8ClF2N3O3. The van der Waals surface area contributed by atoms with E-state index in [4.69, 9.17) is 21.4 Å². The van der Waals surface area contributed by atoms with Gasteiger partial charge in [-0.3, -0.25) is 10.1 Å². The van der Waals surface area contributed by atoms with Gasteiger partial charge in [0.1, 0.15) is 0 Å². The summed E-state index contributed by atoms with van der Waals surface area (Å²) in [6, 6.07) is 3.03. The molecule has 0 aliphatic rings. The van der Waals surface area contributed by atoms with Gasteiger partial charge in [0, 0.05) is 6.20 Å². The number of hydrogen-bond donors (Lipinski definition) is 2. The summed E-state index contributed by atoms with van der Waals surface area (Å²) in [5, 5.41) is 15.0. The minimum atomic E-state index is -2.72. The maximum absolute atomic E-state index is 12.2. The van der Waals surface area contributed by atoms with Gasteiger partial charge in [-0.15, -0.1) is 5.10 Å². The number of ether oxygens (including phenoxy) is 1. The number of carbonyl (C=O) groups is 1. The van der Waals surface area contributed by atoms with E-state index in [2.05, 4.69) is 15.2 Å². The number of hydrogen-bond acceptors (Lipinski definition) is 4. The molecule has 0 unspecified atom stereocenters. The molecule has 2 rings (SSSR count). The standard InChI is InChI=1S/C11H8ClF2N3O3/c12-5-2-1-3-15-8(5)7-9(11(18)19)16-17-10(7)20-4-6(13)14/h1-3,6H,4H2,(H,16,17)(H,18,19). The third kappa shape index (κ3) is 2.85. The number of nitrogens with one attached hydrogen (secondary N) is 1. The Morgan fingerprint density at radius 1 is 1.55 bits per heavy atom. The predicted octanol–water partition coefficient (Wildman–Crippen LogP) is 2.47. The minimum absolute atomic E-state index is 0.0660. The van der Waals surface area contributed by atoms with E-state index in [1.807, 2.05) is 0 Å². The van der Waals surface area contributed by atoms with E-state index in [9.17, 15) is 13.6 Å². The largest absolute Gasteiger partial charge is 0.477 e. The van der Waals surface area contributed by atoms with Crippen molar-refractivity contribution in [2.45, 2.75) is 6.43 Å². The third-order valence-corrected chi connectivity index (χ3v) is 2.59. The van der Waals surface area contributed by atoms with Crippen LogP contribution in [0.3, 0.4) is 0 Å². The SMILES string of the molecule is O=C(O)c1[nH]nc(OCC(F)F)c1-c1ncccc1Cl. The quantitative estimate of drug-likeness (QED) is 0.886. The van der Waals surface area contributed by atoms with Crippen LogP contribution in [-0.2, 0) is 0 Å². The number of aromatic carboxylic acids is 1. The molecule has 9 heteroatoms. The Morgan fingerprint density at radius 2 is 2.30 bits per heavy atom. The van der Waals surface area contributed by atoms with E-state index >= 15 is 0 Å². The zero-order valence-corrected chi connectivity index (χ0v) is 10.6. The van der Waals surface area contributed by atoms with Crippen molar-refractivity contribution in [1.82, 2.24) is 15.2 Å². The summed E-state index contributed by atoms with van der Waals surface area (Å²) in [5.41, 5.74) is -0.316. The lowest BCUT2D eigenvalue weighted by molar-refractivity contribution is 0.0691. The molecule has 0 aromatic carbocycles. The van der Waals surface area contributed by atoms with Gasteiger partial charge in [-0.05, 0) is 12.1 Å². The van der Waals surface area contributed by atoms with Crippen LogP contribution in [-0.4, -0.2) is 39.3 Å². The monoisotopic (exact) mass is 303 g/mol. The van der Waals surface area contributed by atoms with Gasteiger partial charge in [0.25, 0.3) is 6.43 Å². The lowest BCUT2D eigenvalue weighted by Gasteiger charge is -2.06. The number of carboxylic acids is 1. The van der Waals surface area contributed by atoms with Crippen molar-refractivity contribution in [2.24, 2.45) is 0 Å². The summed E-state index contributed by atoms with van der Waals surface area (Å²) in [5.74, 6) is -1.62. The summed E-state index contributed by atoms with van der Waals surface area (Å²) in [6.45, 7) is -0.915. The van der Waals surface area contributed by atoms with Crippen molar-refractivity contribution in [1.29, 1.82) is 0 Å². The number of aromatic amines is 1. The molecule has 0 saturated carbocycles. The van der Waals surface area contributed by atoms with Crippen LogP contribution in [0.4, 0.5) is 8.78 Å². The maximum Gasteiger partial charge on any atom is 0.354 e. The molecule has 0 fully saturated rings. The first-order valence-corrected chi connectivity index (χ1v) is 5.72. The highest BCUT2D eigenvalue weighted by Gasteiger charge is 2.24. The molecule has 0 spiro atoms. The fourth-order valence-corrected chi connectivity index (χ4v) is 1.73. The number of alkyl halides is 2. The van der Waals surface area contributed by atoms with Gasteiger partial charge in [-0.1, -0.05) is 11.6 Å². The highest BCUT2D eigenvalue weighted by Crippen LogP contribution is 2.34. The van der Waals surface area contributed by atoms with E-state index in [0.29, 0.717) is 0 Å². The summed E-state index contributed by atoms with van der Waals surface area (Å²) in [7, 11) is 0. The highest BCUT2D eigenvalue weighted by atomic mass is 35.5. The molecule has 0 aliphatic carbocycles. The first kappa shape index (κ1) is 14.2. The van der Waals surface area contributed by atoms with Crippen molar-refractivity contribution in [3.05, 3.63) is 29.0 Å². The van der Waals surface area contributed by atoms with Gasteiger partial charge in [0.05, 0.1) is 16.3 Å². The van der Waals surface area contributed by atoms with Gasteiger partial charge in [-0.2, -0.15) is 0 Å². The number of carboxylic acid groups (broad SMARTS) is 1. The van der Waals surface area contributed by atoms with Crippen LogP contribution >= 0.6 is 11.6 Å². The average Bonchev–Trinajstić information content (AvgIpc) is 2.80. The van der Waals surface area contributed by atoms with Crippen LogP contribution in [0.15, 0.2) is 18.3 Å². The van der Waals surface area contributed by atoms with Crippen LogP contribution in [0.2, 0.25) is 5.02 Å². The molecule has 2 heterocycles. The number of aromatic nitrogens is 3. The third-order valence-electron chi connectivity index (χ3n) is 2.29. The van der Waals surface area contributed by atoms with Crippen LogP contribution in [0.25, 0.3) is 11.3 Å². The number of nitrogens with zero attached hydrogens (tertiary/aromatic N) is 2. The van der Waals surface area contributed by atoms with Gasteiger partial charge in [0.2, 0.25) is 5.88 Å². The highest BCUT2D eigenvalue weighted by molar-refractivity contribution is 6.33. The summed E-state index contributed by atoms with van der Waals surface area (Å²) in [4.78, 5) is 15.0. The maximum atomic E-state index is 12.2. The Kier molecular flexibility index (Phi) is 4.14. The Hall–Kier alpha value is -2.22. The van der Waals surface area contributed by atoms with E-state index in [0.717, 1.165) is 0 Å². The molecule has 2 N–H and O–H groups in total. The fraction of sp³-hybridized carbons (Fsp3) is 0.182. The van der Waals surface area contributed by atoms with Gasteiger partial charge >= 0.3 is 5.97 Å². The lowest BCUT2D eigenvalue weighted by atomic mass is 10.1. The molecule has 0 amide bonds. The smallest absolute Gasteiger partial charge is 0.354 e. The molecule has 0 saturated heterocycles. The Balaban J connectivity index is 2.50. The van der Waals surface area contributed by atoms with Crippen molar-refractivity contribution in [3.63, 3.8) is 0 Å². The lowest BCUT2D eigenvalue weighted by Crippen LogP contribution is -2.08. The molecule has 0 bridgehead atoms. The Labute approximate surface area is 116 Å². The van der Waals surface area contributed by atoms with Gasteiger partial charge in [-0.25, -0.2) is 13.6 Å². The van der Waals surface area contributed by atoms with Crippen molar-refractivity contribution in [2.75, 3.05) is 6.61 Å². The van der Waals surface area contributed by atoms with Crippen LogP contribution in [0.1, 0.15) is 10.5 Å². The van der Waals surface area contributed by atoms with E-state index in [1.165, 1.54) is 12.3 Å². The van der Waals surface area contributed by atoms with Crippen LogP contribution in [0.5, 0.6) is 5.88 Å². The molecule has 106 valence electrons. The molecule has 2 aromatic rings. The topological polar surface area (TPSA) is 88.1 Å². The second-order valence-electron chi connectivity index (χ2n) is 3.62. The zero-order valence-electron chi connectivity index (χ0n) is 9.81. The Bertz CT molecular complexity index is 633. The Morgan fingerprint density at radius 3 is 2.90 bits per heavy atom. The fourth-order valence-electron chi connectivity index (χ4n) is 1.52. The minimum Gasteiger partial charge on any atom is -0.477 e. The second-order valence-corrected chi connectivity index (χ2v) is 4.03. The number of H-pyrrole nitrogens is 1. The summed E-state index contributed by atoms with van der Waals surface area (Å²) in [6.07, 6.45) is -1.33. The van der Waals surface area contributed by atoms with Crippen molar-refractivity contribution in [3.8, 4) is 17.1 Å².